The van der Waals surface area contributed by atoms with Gasteiger partial charge in [0.2, 0.25) is 5.84 Å². The van der Waals surface area contributed by atoms with Crippen LogP contribution in [0.2, 0.25) is 0 Å². The molecule has 1 aromatic heterocycles. The highest BCUT2D eigenvalue weighted by Gasteiger charge is 2.33. The predicted molar refractivity (Wildman–Crippen MR) is 70.0 cm³/mol. The quantitative estimate of drug-likeness (QED) is 0.820. The number of rotatable bonds is 3. The second-order valence-corrected chi connectivity index (χ2v) is 4.81. The first-order valence-electron chi connectivity index (χ1n) is 6.18. The molecule has 1 aliphatic rings. The summed E-state index contributed by atoms with van der Waals surface area (Å²) in [4.78, 5) is 20.1. The van der Waals surface area contributed by atoms with Gasteiger partial charge in [-0.15, -0.1) is 10.5 Å². The molecule has 0 saturated heterocycles. The second-order valence-electron chi connectivity index (χ2n) is 4.81. The first-order valence-corrected chi connectivity index (χ1v) is 6.18. The Morgan fingerprint density at radius 2 is 1.58 bits per heavy atom. The summed E-state index contributed by atoms with van der Waals surface area (Å²) >= 11 is 0. The van der Waals surface area contributed by atoms with Crippen LogP contribution >= 0.6 is 0 Å². The van der Waals surface area contributed by atoms with E-state index in [1.807, 2.05) is 27.7 Å². The van der Waals surface area contributed by atoms with Gasteiger partial charge in [0.15, 0.2) is 0 Å². The van der Waals surface area contributed by atoms with Gasteiger partial charge in [-0.3, -0.25) is 0 Å². The van der Waals surface area contributed by atoms with Gasteiger partial charge in [-0.05, 0) is 27.7 Å². The van der Waals surface area contributed by atoms with E-state index in [1.165, 1.54) is 16.3 Å². The van der Waals surface area contributed by atoms with E-state index in [2.05, 4.69) is 20.5 Å². The average Bonchev–Trinajstić information content (AvgIpc) is 2.39. The zero-order valence-corrected chi connectivity index (χ0v) is 11.5. The fourth-order valence-electron chi connectivity index (χ4n) is 1.62. The standard InChI is InChI=1S/C12H17N6O/c1-8(2)17-12(19)18(9(3)4)16-11(15-17)10-5-13-7-14-6-10/h5-9H,1-4H3. The molecule has 0 fully saturated rings. The summed E-state index contributed by atoms with van der Waals surface area (Å²) in [5, 5.41) is 7.13. The highest BCUT2D eigenvalue weighted by atomic mass is 16.2. The van der Waals surface area contributed by atoms with Crippen molar-refractivity contribution in [2.75, 3.05) is 0 Å². The summed E-state index contributed by atoms with van der Waals surface area (Å²) in [6.45, 7) is 7.63. The monoisotopic (exact) mass is 261 g/mol. The molecule has 7 nitrogen and oxygen atoms in total. The number of hydrogen-bond donors (Lipinski definition) is 0. The van der Waals surface area contributed by atoms with Crippen LogP contribution in [0, 0.1) is 0 Å². The number of amidine groups is 1. The fourth-order valence-corrected chi connectivity index (χ4v) is 1.62. The van der Waals surface area contributed by atoms with E-state index in [9.17, 15) is 4.79 Å². The maximum atomic E-state index is 12.2. The molecule has 2 heterocycles. The second kappa shape index (κ2) is 5.21. The van der Waals surface area contributed by atoms with Gasteiger partial charge in [-0.2, -0.15) is 0 Å². The average molecular weight is 261 g/mol. The van der Waals surface area contributed by atoms with E-state index in [-0.39, 0.29) is 18.1 Å². The highest BCUT2D eigenvalue weighted by molar-refractivity contribution is 6.00. The van der Waals surface area contributed by atoms with Crippen molar-refractivity contribution in [3.05, 3.63) is 24.3 Å². The largest absolute Gasteiger partial charge is 0.361 e. The van der Waals surface area contributed by atoms with Crippen LogP contribution in [-0.4, -0.2) is 43.9 Å². The number of aromatic nitrogens is 2. The van der Waals surface area contributed by atoms with E-state index < -0.39 is 0 Å². The molecule has 1 aliphatic heterocycles. The molecule has 2 rings (SSSR count). The number of nitrogens with zero attached hydrogens (tertiary/aromatic N) is 6. The van der Waals surface area contributed by atoms with Gasteiger partial charge < -0.3 is 0 Å². The van der Waals surface area contributed by atoms with Crippen LogP contribution in [0.25, 0.3) is 0 Å². The summed E-state index contributed by atoms with van der Waals surface area (Å²) in [6.07, 6.45) is 4.70. The van der Waals surface area contributed by atoms with E-state index in [4.69, 9.17) is 0 Å². The molecular formula is C12H17N6O. The minimum atomic E-state index is -0.217. The van der Waals surface area contributed by atoms with Gasteiger partial charge in [-0.1, -0.05) is 0 Å². The molecular weight excluding hydrogens is 244 g/mol. The van der Waals surface area contributed by atoms with Gasteiger partial charge in [0.05, 0.1) is 17.6 Å². The molecule has 0 spiro atoms. The molecule has 0 bridgehead atoms. The zero-order chi connectivity index (χ0) is 14.0. The molecule has 7 heteroatoms. The Morgan fingerprint density at radius 3 is 2.11 bits per heavy atom. The van der Waals surface area contributed by atoms with Crippen molar-refractivity contribution in [3.63, 3.8) is 0 Å². The first kappa shape index (κ1) is 13.3. The molecule has 0 unspecified atom stereocenters. The molecule has 0 N–H and O–H groups in total. The summed E-state index contributed by atoms with van der Waals surface area (Å²) < 4.78 is 0. The van der Waals surface area contributed by atoms with Crippen LogP contribution in [0.15, 0.2) is 23.8 Å². The maximum absolute atomic E-state index is 12.2. The van der Waals surface area contributed by atoms with Crippen molar-refractivity contribution in [2.45, 2.75) is 39.8 Å². The van der Waals surface area contributed by atoms with Crippen molar-refractivity contribution < 1.29 is 4.79 Å². The minimum Gasteiger partial charge on any atom is -0.244 e. The van der Waals surface area contributed by atoms with Gasteiger partial charge in [0, 0.05) is 12.4 Å². The lowest BCUT2D eigenvalue weighted by Gasteiger charge is -2.35. The molecule has 101 valence electrons. The third kappa shape index (κ3) is 2.64. The Morgan fingerprint density at radius 1 is 1.00 bits per heavy atom. The zero-order valence-electron chi connectivity index (χ0n) is 11.5. The first-order chi connectivity index (χ1) is 9.00. The lowest BCUT2D eigenvalue weighted by atomic mass is 10.3. The normalized spacial score (nSPS) is 15.9. The minimum absolute atomic E-state index is 0.0381. The summed E-state index contributed by atoms with van der Waals surface area (Å²) in [5.41, 5.74) is 4.96. The van der Waals surface area contributed by atoms with E-state index >= 15 is 0 Å². The van der Waals surface area contributed by atoms with Crippen LogP contribution < -0.4 is 5.43 Å². The third-order valence-corrected chi connectivity index (χ3v) is 2.59. The van der Waals surface area contributed by atoms with Crippen LogP contribution in [0.1, 0.15) is 33.3 Å². The molecule has 0 atom stereocenters. The number of carbonyl (C=O) groups is 1. The number of hydrogen-bond acceptors (Lipinski definition) is 4. The van der Waals surface area contributed by atoms with Crippen molar-refractivity contribution in [1.29, 1.82) is 0 Å². The van der Waals surface area contributed by atoms with E-state index in [0.717, 1.165) is 0 Å². The number of urea groups is 1. The smallest absolute Gasteiger partial charge is 0.244 e. The third-order valence-electron chi connectivity index (χ3n) is 2.59. The number of hydrazone groups is 1. The Hall–Kier alpha value is -2.18. The summed E-state index contributed by atoms with van der Waals surface area (Å²) in [5.74, 6) is 0.447. The maximum Gasteiger partial charge on any atom is 0.361 e. The van der Waals surface area contributed by atoms with Crippen molar-refractivity contribution in [2.24, 2.45) is 5.10 Å². The van der Waals surface area contributed by atoms with Crippen LogP contribution in [0.5, 0.6) is 0 Å². The van der Waals surface area contributed by atoms with Crippen molar-refractivity contribution in [3.8, 4) is 0 Å². The molecule has 0 aliphatic carbocycles. The van der Waals surface area contributed by atoms with Gasteiger partial charge >= 0.3 is 6.03 Å². The highest BCUT2D eigenvalue weighted by Crippen LogP contribution is 2.15. The van der Waals surface area contributed by atoms with Crippen LogP contribution in [-0.2, 0) is 0 Å². The van der Waals surface area contributed by atoms with Gasteiger partial charge in [0.1, 0.15) is 6.33 Å². The summed E-state index contributed by atoms with van der Waals surface area (Å²) in [7, 11) is 0. The Kier molecular flexibility index (Phi) is 3.64. The lowest BCUT2D eigenvalue weighted by molar-refractivity contribution is 0.104. The van der Waals surface area contributed by atoms with Crippen molar-refractivity contribution >= 4 is 11.9 Å². The van der Waals surface area contributed by atoms with Gasteiger partial charge in [-0.25, -0.2) is 24.8 Å². The SMILES string of the molecule is CC(C)N1[N]C(c2cncnc2)=NN(C(C)C)C1=O. The Balaban J connectivity index is 2.38. The molecule has 2 amide bonds. The van der Waals surface area contributed by atoms with Crippen molar-refractivity contribution in [1.82, 2.24) is 25.4 Å². The summed E-state index contributed by atoms with van der Waals surface area (Å²) in [6, 6.07) is -0.293. The van der Waals surface area contributed by atoms with Crippen LogP contribution in [0.4, 0.5) is 4.79 Å². The fraction of sp³-hybridized carbons (Fsp3) is 0.500. The van der Waals surface area contributed by atoms with Gasteiger partial charge in [0.25, 0.3) is 0 Å². The molecule has 0 aromatic carbocycles. The number of carbonyl (C=O) groups excluding carboxylic acids is 1. The molecule has 19 heavy (non-hydrogen) atoms. The lowest BCUT2D eigenvalue weighted by Crippen LogP contribution is -2.56. The number of amides is 2. The topological polar surface area (TPSA) is 75.8 Å². The van der Waals surface area contributed by atoms with E-state index in [1.54, 1.807) is 12.4 Å². The van der Waals surface area contributed by atoms with Crippen LogP contribution in [0.3, 0.4) is 0 Å². The molecule has 0 saturated carbocycles. The Bertz CT molecular complexity index is 484. The van der Waals surface area contributed by atoms with E-state index in [0.29, 0.717) is 11.4 Å². The predicted octanol–water partition coefficient (Wildman–Crippen LogP) is 1.21. The molecule has 1 aromatic rings. The Labute approximate surface area is 112 Å². The molecule has 1 radical (unpaired) electrons.